The van der Waals surface area contributed by atoms with Crippen molar-refractivity contribution in [1.29, 1.82) is 0 Å². The molecule has 0 amide bonds. The van der Waals surface area contributed by atoms with E-state index in [4.69, 9.17) is 11.5 Å². The number of hydrogen-bond donors (Lipinski definition) is 4. The molecule has 0 spiro atoms. The number of fused-ring (bicyclic) bond motifs is 2. The van der Waals surface area contributed by atoms with Crippen LogP contribution in [-0.2, 0) is 22.4 Å². The van der Waals surface area contributed by atoms with E-state index in [0.717, 1.165) is 32.9 Å². The molecule has 31 heavy (non-hydrogen) atoms. The second kappa shape index (κ2) is 11.1. The number of hydrogen-bond acceptors (Lipinski definition) is 6. The molecule has 8 nitrogen and oxygen atoms in total. The largest absolute Gasteiger partial charge is 2.00 e. The van der Waals surface area contributed by atoms with Gasteiger partial charge in [0.1, 0.15) is 0 Å². The van der Waals surface area contributed by atoms with Gasteiger partial charge in [-0.3, -0.25) is 0 Å². The normalized spacial score (nSPS) is 12.5. The Bertz CT molecular complexity index is 1080. The summed E-state index contributed by atoms with van der Waals surface area (Å²) >= 11 is 0. The summed E-state index contributed by atoms with van der Waals surface area (Å²) in [5.41, 5.74) is 14.6. The Balaban J connectivity index is 0.000000213. The molecule has 158 valence electrons. The van der Waals surface area contributed by atoms with Gasteiger partial charge < -0.3 is 41.2 Å². The third-order valence-electron chi connectivity index (χ3n) is 4.83. The van der Waals surface area contributed by atoms with Crippen molar-refractivity contribution in [1.82, 2.24) is 9.97 Å². The van der Waals surface area contributed by atoms with E-state index in [0.29, 0.717) is 0 Å². The quantitative estimate of drug-likeness (QED) is 0.208. The van der Waals surface area contributed by atoms with E-state index in [9.17, 15) is 19.8 Å². The molecule has 0 aliphatic rings. The Morgan fingerprint density at radius 2 is 1.10 bits per heavy atom. The Morgan fingerprint density at radius 1 is 0.742 bits per heavy atom. The first kappa shape index (κ1) is 24.6. The molecule has 2 aromatic carbocycles. The maximum atomic E-state index is 10.5. The molecule has 9 heteroatoms. The summed E-state index contributed by atoms with van der Waals surface area (Å²) in [6, 6.07) is 13.5. The number of carbonyl (C=O) groups excluding carboxylic acids is 2. The molecule has 4 aromatic rings. The molecule has 2 aromatic heterocycles. The molecule has 0 saturated carbocycles. The van der Waals surface area contributed by atoms with E-state index in [2.05, 4.69) is 9.97 Å². The monoisotopic (exact) mass is 614 g/mol. The van der Waals surface area contributed by atoms with Gasteiger partial charge in [0.25, 0.3) is 0 Å². The predicted octanol–water partition coefficient (Wildman–Crippen LogP) is -0.806. The number of rotatable bonds is 6. The minimum absolute atomic E-state index is 0. The molecule has 2 heterocycles. The number of aromatic amines is 2. The van der Waals surface area contributed by atoms with Gasteiger partial charge in [0, 0.05) is 46.3 Å². The van der Waals surface area contributed by atoms with Crippen molar-refractivity contribution in [2.75, 3.05) is 0 Å². The average molecular weight is 614 g/mol. The Hall–Kier alpha value is -2.70. The number of carboxylic acid groups (broad SMARTS) is 2. The van der Waals surface area contributed by atoms with Crippen LogP contribution in [0.25, 0.3) is 21.8 Å². The van der Waals surface area contributed by atoms with Crippen molar-refractivity contribution in [3.05, 3.63) is 72.1 Å². The molecule has 6 N–H and O–H groups in total. The third-order valence-corrected chi connectivity index (χ3v) is 4.83. The van der Waals surface area contributed by atoms with Crippen LogP contribution in [0.5, 0.6) is 0 Å². The van der Waals surface area contributed by atoms with Crippen LogP contribution >= 0.6 is 0 Å². The van der Waals surface area contributed by atoms with Gasteiger partial charge in [0.05, 0.1) is 11.9 Å². The SMILES string of the molecule is N[C@@H](Cc1c[nH]c2ccccc12)C(=O)[O-].N[C@@H](Cc1c[nH]c2ccccc12)C(=O)[O-].[Pb+2]. The number of benzene rings is 2. The topological polar surface area (TPSA) is 164 Å². The summed E-state index contributed by atoms with van der Waals surface area (Å²) in [5, 5.41) is 23.0. The molecule has 0 unspecified atom stereocenters. The van der Waals surface area contributed by atoms with Gasteiger partial charge in [-0.15, -0.1) is 0 Å². The number of nitrogens with one attached hydrogen (secondary N) is 2. The van der Waals surface area contributed by atoms with Crippen molar-refractivity contribution < 1.29 is 19.8 Å². The van der Waals surface area contributed by atoms with E-state index in [1.165, 1.54) is 0 Å². The first-order valence-corrected chi connectivity index (χ1v) is 9.39. The van der Waals surface area contributed by atoms with Crippen molar-refractivity contribution in [3.63, 3.8) is 0 Å². The van der Waals surface area contributed by atoms with Gasteiger partial charge in [-0.1, -0.05) is 36.4 Å². The molecular weight excluding hydrogens is 591 g/mol. The number of nitrogens with two attached hydrogens (primary N) is 2. The summed E-state index contributed by atoms with van der Waals surface area (Å²) in [7, 11) is 0. The van der Waals surface area contributed by atoms with Crippen LogP contribution in [0.2, 0.25) is 0 Å². The summed E-state index contributed by atoms with van der Waals surface area (Å²) in [6.45, 7) is 0. The Morgan fingerprint density at radius 3 is 1.45 bits per heavy atom. The Labute approximate surface area is 198 Å². The molecule has 0 bridgehead atoms. The second-order valence-electron chi connectivity index (χ2n) is 6.98. The predicted molar refractivity (Wildman–Crippen MR) is 116 cm³/mol. The zero-order chi connectivity index (χ0) is 21.7. The molecule has 2 radical (unpaired) electrons. The fourth-order valence-electron chi connectivity index (χ4n) is 3.24. The fourth-order valence-corrected chi connectivity index (χ4v) is 3.24. The van der Waals surface area contributed by atoms with Crippen LogP contribution in [0.1, 0.15) is 11.1 Å². The molecule has 2 atom stereocenters. The van der Waals surface area contributed by atoms with E-state index in [1.807, 2.05) is 48.5 Å². The van der Waals surface area contributed by atoms with Crippen molar-refractivity contribution in [2.24, 2.45) is 11.5 Å². The van der Waals surface area contributed by atoms with Gasteiger partial charge in [-0.25, -0.2) is 0 Å². The zero-order valence-corrected chi connectivity index (χ0v) is 20.5. The number of para-hydroxylation sites is 2. The molecule has 4 rings (SSSR count). The second-order valence-corrected chi connectivity index (χ2v) is 6.98. The minimum Gasteiger partial charge on any atom is -0.548 e. The van der Waals surface area contributed by atoms with Gasteiger partial charge in [0.2, 0.25) is 0 Å². The van der Waals surface area contributed by atoms with Gasteiger partial charge in [-0.2, -0.15) is 0 Å². The van der Waals surface area contributed by atoms with Crippen LogP contribution in [0, 0.1) is 0 Å². The maximum Gasteiger partial charge on any atom is 2.00 e. The average Bonchev–Trinajstić information content (AvgIpc) is 3.33. The molecule has 0 aliphatic heterocycles. The summed E-state index contributed by atoms with van der Waals surface area (Å²) < 4.78 is 0. The molecule has 0 saturated heterocycles. The van der Waals surface area contributed by atoms with Crippen molar-refractivity contribution in [2.45, 2.75) is 24.9 Å². The van der Waals surface area contributed by atoms with Gasteiger partial charge in [0.15, 0.2) is 0 Å². The first-order valence-electron chi connectivity index (χ1n) is 9.39. The number of aliphatic carboxylic acids is 2. The molecule has 0 aliphatic carbocycles. The minimum atomic E-state index is -1.22. The molecular formula is C22H22N4O4Pb. The number of carboxylic acids is 2. The standard InChI is InChI=1S/2C11H12N2O2.Pb/c2*12-9(11(14)15)5-7-6-13-10-4-2-1-3-8(7)10;/h2*1-4,6,9,13H,5,12H2,(H,14,15);/q;;+2/p-2/t2*9-;/m00./s1. The number of H-pyrrole nitrogens is 2. The van der Waals surface area contributed by atoms with E-state index >= 15 is 0 Å². The maximum absolute atomic E-state index is 10.5. The first-order chi connectivity index (χ1) is 14.4. The van der Waals surface area contributed by atoms with Gasteiger partial charge in [-0.05, 0) is 36.1 Å². The Kier molecular flexibility index (Phi) is 8.78. The third kappa shape index (κ3) is 6.15. The summed E-state index contributed by atoms with van der Waals surface area (Å²) in [6.07, 6.45) is 4.14. The van der Waals surface area contributed by atoms with Crippen LogP contribution in [0.15, 0.2) is 60.9 Å². The van der Waals surface area contributed by atoms with Crippen LogP contribution in [0.3, 0.4) is 0 Å². The van der Waals surface area contributed by atoms with Gasteiger partial charge >= 0.3 is 27.3 Å². The van der Waals surface area contributed by atoms with E-state index in [-0.39, 0.29) is 40.1 Å². The number of aromatic nitrogens is 2. The fraction of sp³-hybridized carbons (Fsp3) is 0.182. The van der Waals surface area contributed by atoms with Crippen molar-refractivity contribution >= 4 is 61.0 Å². The zero-order valence-electron chi connectivity index (χ0n) is 16.6. The van der Waals surface area contributed by atoms with Crippen LogP contribution < -0.4 is 21.7 Å². The van der Waals surface area contributed by atoms with Crippen LogP contribution in [0.4, 0.5) is 0 Å². The van der Waals surface area contributed by atoms with E-state index < -0.39 is 24.0 Å². The summed E-state index contributed by atoms with van der Waals surface area (Å²) in [5.74, 6) is -2.44. The van der Waals surface area contributed by atoms with Crippen LogP contribution in [-0.4, -0.2) is 61.3 Å². The smallest absolute Gasteiger partial charge is 0.548 e. The van der Waals surface area contributed by atoms with E-state index in [1.54, 1.807) is 12.4 Å². The summed E-state index contributed by atoms with van der Waals surface area (Å²) in [4.78, 5) is 27.2. The number of carbonyl (C=O) groups is 2. The molecule has 0 fully saturated rings. The van der Waals surface area contributed by atoms with Crippen molar-refractivity contribution in [3.8, 4) is 0 Å².